The maximum absolute atomic E-state index is 6.50. The van der Waals surface area contributed by atoms with E-state index in [1.807, 2.05) is 17.4 Å². The lowest BCUT2D eigenvalue weighted by Crippen LogP contribution is -2.15. The minimum atomic E-state index is -0.188. The van der Waals surface area contributed by atoms with E-state index in [9.17, 15) is 0 Å². The van der Waals surface area contributed by atoms with Crippen LogP contribution in [0.25, 0.3) is 109 Å². The standard InChI is InChI=1S/C69H47NOS/c1-69(2)61-39-34-49(41-60(61)66-59(45-18-7-4-8-19-45)42-50(43-62(66)69)44-16-5-3-6-17-44)48-20-13-21-53(40-48)70(51-35-30-46(31-36-51)54-24-15-29-65-67(54)58-23-10-12-28-64(58)72-65)52-37-32-47(33-38-52)55-25-14-26-57-56-22-9-11-27-63(56)71-68(55)57/h3-43H,1-2H3. The first-order valence-electron chi connectivity index (χ1n) is 24.8. The summed E-state index contributed by atoms with van der Waals surface area (Å²) in [5, 5.41) is 4.89. The van der Waals surface area contributed by atoms with Gasteiger partial charge in [-0.05, 0) is 145 Å². The zero-order valence-corrected chi connectivity index (χ0v) is 40.8. The Morgan fingerprint density at radius 2 is 0.903 bits per heavy atom. The molecule has 1 aliphatic rings. The second-order valence-corrected chi connectivity index (χ2v) is 20.7. The highest BCUT2D eigenvalue weighted by molar-refractivity contribution is 7.25. The van der Waals surface area contributed by atoms with Crippen LogP contribution in [0.4, 0.5) is 17.1 Å². The molecule has 0 saturated carbocycles. The predicted molar refractivity (Wildman–Crippen MR) is 306 cm³/mol. The minimum absolute atomic E-state index is 0.188. The molecule has 0 spiro atoms. The van der Waals surface area contributed by atoms with Crippen molar-refractivity contribution in [1.29, 1.82) is 0 Å². The molecule has 2 heterocycles. The maximum Gasteiger partial charge on any atom is 0.143 e. The minimum Gasteiger partial charge on any atom is -0.455 e. The summed E-state index contributed by atoms with van der Waals surface area (Å²) in [6.07, 6.45) is 0. The van der Waals surface area contributed by atoms with Gasteiger partial charge < -0.3 is 9.32 Å². The van der Waals surface area contributed by atoms with Crippen LogP contribution < -0.4 is 4.90 Å². The summed E-state index contributed by atoms with van der Waals surface area (Å²) in [5.74, 6) is 0. The average molecular weight is 938 g/mol. The first-order valence-corrected chi connectivity index (χ1v) is 25.6. The van der Waals surface area contributed by atoms with Crippen LogP contribution in [0.15, 0.2) is 253 Å². The van der Waals surface area contributed by atoms with Crippen LogP contribution in [0.1, 0.15) is 25.0 Å². The molecule has 2 nitrogen and oxygen atoms in total. The second kappa shape index (κ2) is 16.7. The normalized spacial score (nSPS) is 12.7. The Balaban J connectivity index is 0.893. The van der Waals surface area contributed by atoms with Gasteiger partial charge in [-0.25, -0.2) is 0 Å². The van der Waals surface area contributed by atoms with Crippen LogP contribution in [-0.4, -0.2) is 0 Å². The summed E-state index contributed by atoms with van der Waals surface area (Å²) in [6, 6.07) is 91.1. The van der Waals surface area contributed by atoms with Crippen molar-refractivity contribution in [1.82, 2.24) is 0 Å². The van der Waals surface area contributed by atoms with Crippen LogP contribution in [0, 0.1) is 0 Å². The Hall–Kier alpha value is -8.76. The number of nitrogens with zero attached hydrogens (tertiary/aromatic N) is 1. The van der Waals surface area contributed by atoms with Gasteiger partial charge in [0.2, 0.25) is 0 Å². The Bertz CT molecular complexity index is 4220. The van der Waals surface area contributed by atoms with Crippen molar-refractivity contribution in [2.45, 2.75) is 19.3 Å². The molecular weight excluding hydrogens is 891 g/mol. The van der Waals surface area contributed by atoms with E-state index >= 15 is 0 Å². The molecule has 0 unspecified atom stereocenters. The highest BCUT2D eigenvalue weighted by Gasteiger charge is 2.38. The molecule has 0 amide bonds. The van der Waals surface area contributed by atoms with Crippen molar-refractivity contribution >= 4 is 70.5 Å². The molecule has 2 aromatic heterocycles. The summed E-state index contributed by atoms with van der Waals surface area (Å²) in [5.41, 5.74) is 22.1. The fourth-order valence-corrected chi connectivity index (χ4v) is 12.7. The largest absolute Gasteiger partial charge is 0.455 e. The van der Waals surface area contributed by atoms with E-state index in [0.717, 1.165) is 55.7 Å². The molecule has 72 heavy (non-hydrogen) atoms. The van der Waals surface area contributed by atoms with Gasteiger partial charge >= 0.3 is 0 Å². The lowest BCUT2D eigenvalue weighted by atomic mass is 9.80. The summed E-state index contributed by atoms with van der Waals surface area (Å²) < 4.78 is 9.12. The Morgan fingerprint density at radius 3 is 1.68 bits per heavy atom. The Kier molecular flexibility index (Phi) is 9.77. The third kappa shape index (κ3) is 6.84. The lowest BCUT2D eigenvalue weighted by molar-refractivity contribution is 0.661. The topological polar surface area (TPSA) is 16.4 Å². The molecule has 11 aromatic carbocycles. The molecular formula is C69H47NOS. The van der Waals surface area contributed by atoms with Crippen LogP contribution in [-0.2, 0) is 5.41 Å². The Morgan fingerprint density at radius 1 is 0.347 bits per heavy atom. The van der Waals surface area contributed by atoms with E-state index in [0.29, 0.717) is 0 Å². The van der Waals surface area contributed by atoms with Crippen molar-refractivity contribution in [2.24, 2.45) is 0 Å². The van der Waals surface area contributed by atoms with Crippen molar-refractivity contribution in [2.75, 3.05) is 4.90 Å². The van der Waals surface area contributed by atoms with Crippen molar-refractivity contribution < 1.29 is 4.42 Å². The third-order valence-corrected chi connectivity index (χ3v) is 16.2. The molecule has 3 heteroatoms. The van der Waals surface area contributed by atoms with E-state index in [1.165, 1.54) is 81.4 Å². The van der Waals surface area contributed by atoms with Crippen molar-refractivity contribution in [3.63, 3.8) is 0 Å². The number of fused-ring (bicyclic) bond motifs is 9. The molecule has 14 rings (SSSR count). The molecule has 0 atom stereocenters. The number of rotatable bonds is 8. The van der Waals surface area contributed by atoms with Crippen LogP contribution in [0.5, 0.6) is 0 Å². The monoisotopic (exact) mass is 937 g/mol. The molecule has 0 radical (unpaired) electrons. The van der Waals surface area contributed by atoms with Crippen molar-refractivity contribution in [3.8, 4) is 66.8 Å². The number of hydrogen-bond donors (Lipinski definition) is 0. The van der Waals surface area contributed by atoms with E-state index in [2.05, 4.69) is 261 Å². The molecule has 0 saturated heterocycles. The number of anilines is 3. The SMILES string of the molecule is CC1(C)c2ccc(-c3cccc(N(c4ccc(-c5cccc6c5oc5ccccc56)cc4)c4ccc(-c5cccc6sc7ccccc7c56)cc4)c3)cc2-c2c(-c3ccccc3)cc(-c3ccccc3)cc21. The fraction of sp³-hybridized carbons (Fsp3) is 0.0435. The highest BCUT2D eigenvalue weighted by atomic mass is 32.1. The maximum atomic E-state index is 6.50. The van der Waals surface area contributed by atoms with Gasteiger partial charge in [0.25, 0.3) is 0 Å². The van der Waals surface area contributed by atoms with Gasteiger partial charge in [0.1, 0.15) is 11.2 Å². The van der Waals surface area contributed by atoms with Gasteiger partial charge in [0.15, 0.2) is 0 Å². The first-order chi connectivity index (χ1) is 35.4. The number of benzene rings is 11. The second-order valence-electron chi connectivity index (χ2n) is 19.6. The predicted octanol–water partition coefficient (Wildman–Crippen LogP) is 20.1. The van der Waals surface area contributed by atoms with E-state index in [4.69, 9.17) is 4.42 Å². The zero-order valence-electron chi connectivity index (χ0n) is 39.9. The van der Waals surface area contributed by atoms with Gasteiger partial charge in [-0.3, -0.25) is 0 Å². The smallest absolute Gasteiger partial charge is 0.143 e. The number of thiophene rings is 1. The summed E-state index contributed by atoms with van der Waals surface area (Å²) in [4.78, 5) is 2.39. The average Bonchev–Trinajstić information content (AvgIpc) is 4.09. The molecule has 340 valence electrons. The number of hydrogen-bond acceptors (Lipinski definition) is 3. The summed E-state index contributed by atoms with van der Waals surface area (Å²) >= 11 is 1.86. The van der Waals surface area contributed by atoms with Gasteiger partial charge in [-0.1, -0.05) is 190 Å². The summed E-state index contributed by atoms with van der Waals surface area (Å²) in [7, 11) is 0. The molecule has 0 aliphatic heterocycles. The van der Waals surface area contributed by atoms with E-state index in [1.54, 1.807) is 0 Å². The fourth-order valence-electron chi connectivity index (χ4n) is 11.5. The van der Waals surface area contributed by atoms with Gasteiger partial charge in [0, 0.05) is 59.0 Å². The molecule has 1 aliphatic carbocycles. The van der Waals surface area contributed by atoms with Crippen LogP contribution in [0.2, 0.25) is 0 Å². The molecule has 13 aromatic rings. The molecule has 0 bridgehead atoms. The zero-order chi connectivity index (χ0) is 47.9. The van der Waals surface area contributed by atoms with Gasteiger partial charge in [-0.15, -0.1) is 11.3 Å². The quantitative estimate of drug-likeness (QED) is 0.151. The number of furan rings is 1. The molecule has 0 N–H and O–H groups in total. The van der Waals surface area contributed by atoms with Gasteiger partial charge in [-0.2, -0.15) is 0 Å². The molecule has 0 fully saturated rings. The van der Waals surface area contributed by atoms with Crippen LogP contribution in [0.3, 0.4) is 0 Å². The van der Waals surface area contributed by atoms with Crippen molar-refractivity contribution in [3.05, 3.63) is 260 Å². The van der Waals surface area contributed by atoms with Crippen LogP contribution >= 0.6 is 11.3 Å². The third-order valence-electron chi connectivity index (χ3n) is 15.1. The first kappa shape index (κ1) is 42.1. The van der Waals surface area contributed by atoms with E-state index in [-0.39, 0.29) is 5.41 Å². The lowest BCUT2D eigenvalue weighted by Gasteiger charge is -2.26. The van der Waals surface area contributed by atoms with Gasteiger partial charge in [0.05, 0.1) is 0 Å². The number of para-hydroxylation sites is 2. The Labute approximate surface area is 423 Å². The van der Waals surface area contributed by atoms with E-state index < -0.39 is 0 Å². The summed E-state index contributed by atoms with van der Waals surface area (Å²) in [6.45, 7) is 4.77. The highest BCUT2D eigenvalue weighted by Crippen LogP contribution is 2.55.